The van der Waals surface area contributed by atoms with E-state index in [0.29, 0.717) is 36.6 Å². The van der Waals surface area contributed by atoms with Gasteiger partial charge in [0.1, 0.15) is 0 Å². The van der Waals surface area contributed by atoms with Crippen molar-refractivity contribution < 1.29 is 13.9 Å². The lowest BCUT2D eigenvalue weighted by Gasteiger charge is -2.36. The molecule has 6 nitrogen and oxygen atoms in total. The molecule has 0 saturated carbocycles. The van der Waals surface area contributed by atoms with E-state index in [1.54, 1.807) is 6.07 Å². The van der Waals surface area contributed by atoms with Gasteiger partial charge in [0, 0.05) is 46.8 Å². The zero-order chi connectivity index (χ0) is 22.9. The van der Waals surface area contributed by atoms with Gasteiger partial charge >= 0.3 is 0 Å². The summed E-state index contributed by atoms with van der Waals surface area (Å²) in [6.07, 6.45) is 5.29. The molecular weight excluding hydrogens is 427 g/mol. The molecule has 0 bridgehead atoms. The number of fused-ring (bicyclic) bond motifs is 1. The maximum Gasteiger partial charge on any atom is 0.223 e. The van der Waals surface area contributed by atoms with Gasteiger partial charge in [-0.25, -0.2) is 9.37 Å². The topological polar surface area (TPSA) is 69.0 Å². The van der Waals surface area contributed by atoms with Gasteiger partial charge < -0.3 is 10.1 Å². The minimum Gasteiger partial charge on any atom is -0.478 e. The fourth-order valence-electron chi connectivity index (χ4n) is 4.68. The van der Waals surface area contributed by atoms with Crippen LogP contribution in [0.3, 0.4) is 0 Å². The molecule has 1 atom stereocenters. The van der Waals surface area contributed by atoms with E-state index in [-0.39, 0.29) is 23.4 Å². The molecule has 1 aliphatic carbocycles. The molecule has 1 N–H and O–H groups in total. The summed E-state index contributed by atoms with van der Waals surface area (Å²) >= 11 is 1.95. The zero-order valence-corrected chi connectivity index (χ0v) is 20.2. The quantitative estimate of drug-likeness (QED) is 0.684. The van der Waals surface area contributed by atoms with Gasteiger partial charge in [0.15, 0.2) is 5.82 Å². The van der Waals surface area contributed by atoms with Crippen molar-refractivity contribution >= 4 is 17.7 Å². The SMILES string of the molecule is CCOc1cc(-c2nn(C(C)C)c3c2CCC(C(=O)NC2(C)CCSCC2)C3)c(F)cn1. The molecule has 32 heavy (non-hydrogen) atoms. The molecule has 174 valence electrons. The van der Waals surface area contributed by atoms with Crippen LogP contribution in [0.15, 0.2) is 12.3 Å². The lowest BCUT2D eigenvalue weighted by molar-refractivity contribution is -0.127. The number of rotatable bonds is 6. The Morgan fingerprint density at radius 3 is 2.84 bits per heavy atom. The second-order valence-corrected chi connectivity index (χ2v) is 10.6. The summed E-state index contributed by atoms with van der Waals surface area (Å²) < 4.78 is 22.2. The highest BCUT2D eigenvalue weighted by Gasteiger charge is 2.35. The van der Waals surface area contributed by atoms with Crippen molar-refractivity contribution in [3.05, 3.63) is 29.3 Å². The minimum absolute atomic E-state index is 0.0859. The first-order chi connectivity index (χ1) is 15.3. The highest BCUT2D eigenvalue weighted by Crippen LogP contribution is 2.37. The number of thioether (sulfide) groups is 1. The number of ether oxygens (including phenoxy) is 1. The first kappa shape index (κ1) is 23.1. The first-order valence-electron chi connectivity index (χ1n) is 11.6. The highest BCUT2D eigenvalue weighted by atomic mass is 32.2. The molecule has 0 spiro atoms. The van der Waals surface area contributed by atoms with E-state index in [2.05, 4.69) is 31.1 Å². The van der Waals surface area contributed by atoms with Gasteiger partial charge in [-0.15, -0.1) is 0 Å². The molecule has 2 aromatic heterocycles. The standard InChI is InChI=1S/C24H33FN4O2S/c1-5-31-21-13-18(19(25)14-26-21)22-17-7-6-16(12-20(17)29(28-22)15(2)3)23(30)27-24(4)8-10-32-11-9-24/h13-16H,5-12H2,1-4H3,(H,27,30). The van der Waals surface area contributed by atoms with Gasteiger partial charge in [0.2, 0.25) is 11.8 Å². The van der Waals surface area contributed by atoms with Crippen molar-refractivity contribution in [3.8, 4) is 17.1 Å². The summed E-state index contributed by atoms with van der Waals surface area (Å²) in [6, 6.07) is 1.75. The molecule has 2 aliphatic rings. The fraction of sp³-hybridized carbons (Fsp3) is 0.625. The highest BCUT2D eigenvalue weighted by molar-refractivity contribution is 7.99. The number of carbonyl (C=O) groups excluding carboxylic acids is 1. The predicted molar refractivity (Wildman–Crippen MR) is 126 cm³/mol. The number of carbonyl (C=O) groups is 1. The Bertz CT molecular complexity index is 985. The van der Waals surface area contributed by atoms with Crippen LogP contribution in [0.25, 0.3) is 11.3 Å². The maximum atomic E-state index is 14.8. The van der Waals surface area contributed by atoms with Crippen LogP contribution in [-0.4, -0.2) is 44.3 Å². The van der Waals surface area contributed by atoms with Crippen LogP contribution in [0.5, 0.6) is 5.88 Å². The number of hydrogen-bond donors (Lipinski definition) is 1. The third kappa shape index (κ3) is 4.65. The molecule has 1 fully saturated rings. The van der Waals surface area contributed by atoms with Crippen LogP contribution >= 0.6 is 11.8 Å². The van der Waals surface area contributed by atoms with Crippen LogP contribution in [-0.2, 0) is 17.6 Å². The molecule has 3 heterocycles. The molecular formula is C24H33FN4O2S. The van der Waals surface area contributed by atoms with E-state index in [4.69, 9.17) is 9.84 Å². The van der Waals surface area contributed by atoms with Crippen molar-refractivity contribution in [2.24, 2.45) is 5.92 Å². The molecule has 2 aromatic rings. The number of nitrogens with zero attached hydrogens (tertiary/aromatic N) is 3. The number of nitrogens with one attached hydrogen (secondary N) is 1. The Hall–Kier alpha value is -2.09. The van der Waals surface area contributed by atoms with Gasteiger partial charge in [-0.1, -0.05) is 0 Å². The van der Waals surface area contributed by atoms with Gasteiger partial charge in [0.25, 0.3) is 0 Å². The van der Waals surface area contributed by atoms with Gasteiger partial charge in [-0.05, 0) is 64.9 Å². The van der Waals surface area contributed by atoms with Crippen LogP contribution in [0, 0.1) is 11.7 Å². The Balaban J connectivity index is 1.62. The van der Waals surface area contributed by atoms with Crippen molar-refractivity contribution in [2.45, 2.75) is 71.4 Å². The van der Waals surface area contributed by atoms with E-state index in [0.717, 1.165) is 42.0 Å². The fourth-order valence-corrected chi connectivity index (χ4v) is 6.07. The second kappa shape index (κ2) is 9.41. The predicted octanol–water partition coefficient (Wildman–Crippen LogP) is 4.57. The molecule has 8 heteroatoms. The molecule has 0 radical (unpaired) electrons. The van der Waals surface area contributed by atoms with Crippen molar-refractivity contribution in [1.29, 1.82) is 0 Å². The van der Waals surface area contributed by atoms with Crippen LogP contribution in [0.2, 0.25) is 0 Å². The number of halogens is 1. The summed E-state index contributed by atoms with van der Waals surface area (Å²) in [6.45, 7) is 8.63. The number of pyridine rings is 1. The molecule has 1 aliphatic heterocycles. The summed E-state index contributed by atoms with van der Waals surface area (Å²) in [5, 5.41) is 8.15. The average Bonchev–Trinajstić information content (AvgIpc) is 3.14. The summed E-state index contributed by atoms with van der Waals surface area (Å²) in [7, 11) is 0. The minimum atomic E-state index is -0.410. The van der Waals surface area contributed by atoms with E-state index in [1.807, 2.05) is 23.4 Å². The Morgan fingerprint density at radius 2 is 2.16 bits per heavy atom. The van der Waals surface area contributed by atoms with Gasteiger partial charge in [-0.2, -0.15) is 16.9 Å². The summed E-state index contributed by atoms with van der Waals surface area (Å²) in [5.41, 5.74) is 3.02. The van der Waals surface area contributed by atoms with Gasteiger partial charge in [-0.3, -0.25) is 9.48 Å². The largest absolute Gasteiger partial charge is 0.478 e. The lowest BCUT2D eigenvalue weighted by atomic mass is 9.84. The molecule has 1 saturated heterocycles. The molecule has 1 amide bonds. The van der Waals surface area contributed by atoms with Crippen LogP contribution < -0.4 is 10.1 Å². The normalized spacial score (nSPS) is 20.1. The molecule has 0 aromatic carbocycles. The number of hydrogen-bond acceptors (Lipinski definition) is 5. The summed E-state index contributed by atoms with van der Waals surface area (Å²) in [5.74, 6) is 2.22. The Labute approximate surface area is 193 Å². The summed E-state index contributed by atoms with van der Waals surface area (Å²) in [4.78, 5) is 17.2. The molecule has 4 rings (SSSR count). The monoisotopic (exact) mass is 460 g/mol. The Kier molecular flexibility index (Phi) is 6.79. The smallest absolute Gasteiger partial charge is 0.223 e. The lowest BCUT2D eigenvalue weighted by Crippen LogP contribution is -2.51. The van der Waals surface area contributed by atoms with Crippen molar-refractivity contribution in [3.63, 3.8) is 0 Å². The third-order valence-corrected chi connectivity index (χ3v) is 7.55. The zero-order valence-electron chi connectivity index (χ0n) is 19.4. The third-order valence-electron chi connectivity index (χ3n) is 6.56. The Morgan fingerprint density at radius 1 is 1.41 bits per heavy atom. The van der Waals surface area contributed by atoms with Crippen LogP contribution in [0.1, 0.15) is 64.3 Å². The number of amides is 1. The maximum absolute atomic E-state index is 14.8. The second-order valence-electron chi connectivity index (χ2n) is 9.35. The van der Waals surface area contributed by atoms with Crippen molar-refractivity contribution in [2.75, 3.05) is 18.1 Å². The average molecular weight is 461 g/mol. The van der Waals surface area contributed by atoms with E-state index in [1.165, 1.54) is 6.20 Å². The van der Waals surface area contributed by atoms with E-state index < -0.39 is 5.82 Å². The van der Waals surface area contributed by atoms with Crippen LogP contribution in [0.4, 0.5) is 4.39 Å². The van der Waals surface area contributed by atoms with E-state index in [9.17, 15) is 9.18 Å². The van der Waals surface area contributed by atoms with Crippen molar-refractivity contribution in [1.82, 2.24) is 20.1 Å². The molecule has 1 unspecified atom stereocenters. The number of aromatic nitrogens is 3. The first-order valence-corrected chi connectivity index (χ1v) is 12.8. The van der Waals surface area contributed by atoms with E-state index >= 15 is 0 Å². The van der Waals surface area contributed by atoms with Gasteiger partial charge in [0.05, 0.1) is 18.5 Å².